The summed E-state index contributed by atoms with van der Waals surface area (Å²) in [6.45, 7) is 1.82. The summed E-state index contributed by atoms with van der Waals surface area (Å²) in [6.07, 6.45) is 0. The monoisotopic (exact) mass is 470 g/mol. The van der Waals surface area contributed by atoms with Crippen molar-refractivity contribution in [3.8, 4) is 17.2 Å². The van der Waals surface area contributed by atoms with E-state index in [0.29, 0.717) is 28.5 Å². The van der Waals surface area contributed by atoms with E-state index in [1.165, 1.54) is 27.4 Å². The first-order valence-corrected chi connectivity index (χ1v) is 11.5. The summed E-state index contributed by atoms with van der Waals surface area (Å²) in [4.78, 5) is 12.9. The Morgan fingerprint density at radius 1 is 0.879 bits per heavy atom. The molecule has 0 spiro atoms. The Hall–Kier alpha value is -3.56. The highest BCUT2D eigenvalue weighted by atomic mass is 32.2. The van der Waals surface area contributed by atoms with Gasteiger partial charge in [0.15, 0.2) is 11.5 Å². The second-order valence-corrected chi connectivity index (χ2v) is 8.89. The van der Waals surface area contributed by atoms with Gasteiger partial charge in [-0.15, -0.1) is 0 Å². The summed E-state index contributed by atoms with van der Waals surface area (Å²) >= 11 is 0. The first kappa shape index (κ1) is 24.1. The Bertz CT molecular complexity index is 1220. The maximum absolute atomic E-state index is 12.9. The summed E-state index contributed by atoms with van der Waals surface area (Å²) in [5.41, 5.74) is 1.95. The third-order valence-electron chi connectivity index (χ3n) is 4.97. The zero-order chi connectivity index (χ0) is 24.0. The molecule has 0 aromatic heterocycles. The molecule has 0 fully saturated rings. The Labute approximate surface area is 193 Å². The van der Waals surface area contributed by atoms with E-state index in [-0.39, 0.29) is 17.0 Å². The van der Waals surface area contributed by atoms with E-state index in [0.717, 1.165) is 5.56 Å². The summed E-state index contributed by atoms with van der Waals surface area (Å²) in [5, 5.41) is 2.75. The third kappa shape index (κ3) is 5.63. The first-order chi connectivity index (χ1) is 15.8. The molecule has 1 amide bonds. The molecule has 0 aliphatic carbocycles. The number of ether oxygens (including phenoxy) is 3. The van der Waals surface area contributed by atoms with Crippen molar-refractivity contribution in [1.82, 2.24) is 4.72 Å². The van der Waals surface area contributed by atoms with Crippen LogP contribution < -0.4 is 24.2 Å². The molecule has 0 saturated carbocycles. The van der Waals surface area contributed by atoms with Gasteiger partial charge in [-0.1, -0.05) is 36.4 Å². The van der Waals surface area contributed by atoms with Crippen LogP contribution in [0.15, 0.2) is 65.6 Å². The summed E-state index contributed by atoms with van der Waals surface area (Å²) in [7, 11) is 0.599. The Balaban J connectivity index is 1.85. The normalized spacial score (nSPS) is 11.0. The average Bonchev–Trinajstić information content (AvgIpc) is 2.82. The number of amides is 1. The Morgan fingerprint density at radius 2 is 1.52 bits per heavy atom. The van der Waals surface area contributed by atoms with Crippen molar-refractivity contribution in [2.75, 3.05) is 26.6 Å². The van der Waals surface area contributed by atoms with Crippen LogP contribution in [0.3, 0.4) is 0 Å². The van der Waals surface area contributed by atoms with Crippen LogP contribution in [0.25, 0.3) is 0 Å². The van der Waals surface area contributed by atoms with Crippen LogP contribution in [0, 0.1) is 6.92 Å². The number of rotatable bonds is 9. The van der Waals surface area contributed by atoms with Gasteiger partial charge in [-0.2, -0.15) is 0 Å². The molecule has 0 radical (unpaired) electrons. The van der Waals surface area contributed by atoms with Gasteiger partial charge < -0.3 is 19.5 Å². The molecule has 0 saturated heterocycles. The molecule has 3 aromatic carbocycles. The molecule has 0 aliphatic rings. The number of carbonyl (C=O) groups excluding carboxylic acids is 1. The van der Waals surface area contributed by atoms with E-state index >= 15 is 0 Å². The molecule has 33 heavy (non-hydrogen) atoms. The maximum atomic E-state index is 12.9. The number of anilines is 1. The SMILES string of the molecule is COc1cc(NC(=O)c2ccc(C)c(S(=O)(=O)NCc3ccccc3)c2)cc(OC)c1OC. The third-order valence-corrected chi connectivity index (χ3v) is 6.51. The fraction of sp³-hybridized carbons (Fsp3) is 0.208. The van der Waals surface area contributed by atoms with E-state index in [1.54, 1.807) is 31.2 Å². The number of nitrogens with one attached hydrogen (secondary N) is 2. The van der Waals surface area contributed by atoms with Crippen molar-refractivity contribution in [2.24, 2.45) is 0 Å². The van der Waals surface area contributed by atoms with Gasteiger partial charge in [0, 0.05) is 29.9 Å². The molecular weight excluding hydrogens is 444 g/mol. The summed E-state index contributed by atoms with van der Waals surface area (Å²) < 4.78 is 44.3. The van der Waals surface area contributed by atoms with E-state index in [2.05, 4.69) is 10.0 Å². The Kier molecular flexibility index (Phi) is 7.57. The molecule has 0 atom stereocenters. The second kappa shape index (κ2) is 10.4. The highest BCUT2D eigenvalue weighted by Crippen LogP contribution is 2.40. The molecule has 0 bridgehead atoms. The molecule has 174 valence electrons. The van der Waals surface area contributed by atoms with E-state index in [9.17, 15) is 13.2 Å². The van der Waals surface area contributed by atoms with Gasteiger partial charge in [0.05, 0.1) is 26.2 Å². The number of benzene rings is 3. The summed E-state index contributed by atoms with van der Waals surface area (Å²) in [5.74, 6) is 0.670. The van der Waals surface area contributed by atoms with Gasteiger partial charge in [0.1, 0.15) is 0 Å². The highest BCUT2D eigenvalue weighted by Gasteiger charge is 2.20. The van der Waals surface area contributed by atoms with Gasteiger partial charge in [0.2, 0.25) is 15.8 Å². The zero-order valence-corrected chi connectivity index (χ0v) is 19.7. The molecular formula is C24H26N2O6S. The number of sulfonamides is 1. The summed E-state index contributed by atoms with van der Waals surface area (Å²) in [6, 6.07) is 16.9. The van der Waals surface area contributed by atoms with E-state index < -0.39 is 15.9 Å². The molecule has 2 N–H and O–H groups in total. The maximum Gasteiger partial charge on any atom is 0.255 e. The molecule has 0 aliphatic heterocycles. The minimum Gasteiger partial charge on any atom is -0.493 e. The van der Waals surface area contributed by atoms with Crippen molar-refractivity contribution in [3.05, 3.63) is 77.4 Å². The molecule has 3 aromatic rings. The number of aryl methyl sites for hydroxylation is 1. The lowest BCUT2D eigenvalue weighted by atomic mass is 10.1. The molecule has 8 nitrogen and oxygen atoms in total. The molecule has 3 rings (SSSR count). The second-order valence-electron chi connectivity index (χ2n) is 7.16. The van der Waals surface area contributed by atoms with E-state index in [1.807, 2.05) is 30.3 Å². The molecule has 0 unspecified atom stereocenters. The zero-order valence-electron chi connectivity index (χ0n) is 18.8. The van der Waals surface area contributed by atoms with Crippen LogP contribution in [-0.2, 0) is 16.6 Å². The van der Waals surface area contributed by atoms with Gasteiger partial charge in [-0.25, -0.2) is 13.1 Å². The number of methoxy groups -OCH3 is 3. The lowest BCUT2D eigenvalue weighted by Gasteiger charge is -2.15. The van der Waals surface area contributed by atoms with Gasteiger partial charge in [0.25, 0.3) is 5.91 Å². The van der Waals surface area contributed by atoms with Crippen molar-refractivity contribution in [3.63, 3.8) is 0 Å². The van der Waals surface area contributed by atoms with E-state index in [4.69, 9.17) is 14.2 Å². The fourth-order valence-electron chi connectivity index (χ4n) is 3.24. The number of hydrogen-bond donors (Lipinski definition) is 2. The Morgan fingerprint density at radius 3 is 2.09 bits per heavy atom. The van der Waals surface area contributed by atoms with Gasteiger partial charge >= 0.3 is 0 Å². The highest BCUT2D eigenvalue weighted by molar-refractivity contribution is 7.89. The number of carbonyl (C=O) groups is 1. The van der Waals surface area contributed by atoms with Crippen LogP contribution in [0.5, 0.6) is 17.2 Å². The lowest BCUT2D eigenvalue weighted by Crippen LogP contribution is -2.24. The van der Waals surface area contributed by atoms with Crippen molar-refractivity contribution in [2.45, 2.75) is 18.4 Å². The quantitative estimate of drug-likeness (QED) is 0.494. The predicted molar refractivity (Wildman–Crippen MR) is 126 cm³/mol. The lowest BCUT2D eigenvalue weighted by molar-refractivity contribution is 0.102. The topological polar surface area (TPSA) is 103 Å². The van der Waals surface area contributed by atoms with Crippen molar-refractivity contribution < 1.29 is 27.4 Å². The fourth-order valence-corrected chi connectivity index (χ4v) is 4.53. The average molecular weight is 471 g/mol. The van der Waals surface area contributed by atoms with Crippen LogP contribution in [0.1, 0.15) is 21.5 Å². The van der Waals surface area contributed by atoms with Crippen LogP contribution in [0.2, 0.25) is 0 Å². The van der Waals surface area contributed by atoms with Gasteiger partial charge in [-0.05, 0) is 30.2 Å². The van der Waals surface area contributed by atoms with Crippen molar-refractivity contribution >= 4 is 21.6 Å². The van der Waals surface area contributed by atoms with Crippen LogP contribution in [-0.4, -0.2) is 35.7 Å². The van der Waals surface area contributed by atoms with Crippen LogP contribution >= 0.6 is 0 Å². The van der Waals surface area contributed by atoms with Gasteiger partial charge in [-0.3, -0.25) is 4.79 Å². The van der Waals surface area contributed by atoms with Crippen molar-refractivity contribution in [1.29, 1.82) is 0 Å². The van der Waals surface area contributed by atoms with Crippen LogP contribution in [0.4, 0.5) is 5.69 Å². The predicted octanol–water partition coefficient (Wildman–Crippen LogP) is 3.75. The molecule has 0 heterocycles. The number of hydrogen-bond acceptors (Lipinski definition) is 6. The minimum atomic E-state index is -3.83. The molecule has 9 heteroatoms. The minimum absolute atomic E-state index is 0.0379. The smallest absolute Gasteiger partial charge is 0.255 e. The first-order valence-electron chi connectivity index (χ1n) is 10.0. The standard InChI is InChI=1S/C24H26N2O6S/c1-16-10-11-18(12-22(16)33(28,29)25-15-17-8-6-5-7-9-17)24(27)26-19-13-20(30-2)23(32-4)21(14-19)31-3/h5-14,25H,15H2,1-4H3,(H,26,27). The largest absolute Gasteiger partial charge is 0.493 e.